The Morgan fingerprint density at radius 3 is 1.88 bits per heavy atom. The Morgan fingerprint density at radius 1 is 1.18 bits per heavy atom. The maximum absolute atomic E-state index is 10.6. The Labute approximate surface area is 94.2 Å². The van der Waals surface area contributed by atoms with Gasteiger partial charge in [0.1, 0.15) is 12.7 Å². The predicted molar refractivity (Wildman–Crippen MR) is 42.7 cm³/mol. The van der Waals surface area contributed by atoms with Crippen LogP contribution in [0.5, 0.6) is 0 Å². The van der Waals surface area contributed by atoms with Crippen molar-refractivity contribution < 1.29 is 47.4 Å². The minimum absolute atomic E-state index is 1.29. The molecule has 0 saturated heterocycles. The molecule has 98 valence electrons. The molecule has 2 unspecified atom stereocenters. The van der Waals surface area contributed by atoms with Crippen molar-refractivity contribution in [3.8, 4) is 0 Å². The van der Waals surface area contributed by atoms with Crippen molar-refractivity contribution in [2.45, 2.75) is 11.4 Å². The maximum atomic E-state index is 10.6. The number of carbonyl (C=O) groups excluding carboxylic acids is 2. The van der Waals surface area contributed by atoms with Gasteiger partial charge in [-0.1, -0.05) is 0 Å². The molecule has 0 saturated carbocycles. The molecule has 10 nitrogen and oxygen atoms in total. The third kappa shape index (κ3) is 4.76. The van der Waals surface area contributed by atoms with E-state index in [4.69, 9.17) is 9.66 Å². The molecule has 0 aromatic rings. The van der Waals surface area contributed by atoms with Crippen LogP contribution in [0.3, 0.4) is 0 Å². The minimum Gasteiger partial charge on any atom is -0.549 e. The topological polar surface area (TPSA) is 181 Å². The van der Waals surface area contributed by atoms with E-state index in [1.165, 1.54) is 0 Å². The van der Waals surface area contributed by atoms with E-state index in [2.05, 4.69) is 4.74 Å². The third-order valence-corrected chi connectivity index (χ3v) is 2.53. The number of ether oxygens (including phenoxy) is 1. The average Bonchev–Trinajstić information content (AvgIpc) is 2.07. The lowest BCUT2D eigenvalue weighted by molar-refractivity contribution is -0.324. The van der Waals surface area contributed by atoms with Gasteiger partial charge >= 0.3 is 5.97 Å². The van der Waals surface area contributed by atoms with Gasteiger partial charge in [-0.2, -0.15) is 8.42 Å². The molecule has 0 aliphatic rings. The zero-order valence-corrected chi connectivity index (χ0v) is 8.75. The zero-order chi connectivity index (χ0) is 13.8. The molecule has 0 aromatic heterocycles. The molecule has 0 aromatic carbocycles. The summed E-state index contributed by atoms with van der Waals surface area (Å²) in [4.78, 5) is 30.8. The molecular formula is C6H6O10S-2. The predicted octanol–water partition coefficient (Wildman–Crippen LogP) is -4.79. The molecule has 17 heavy (non-hydrogen) atoms. The van der Waals surface area contributed by atoms with Gasteiger partial charge < -0.3 is 29.6 Å². The van der Waals surface area contributed by atoms with E-state index in [1.807, 2.05) is 0 Å². The SMILES string of the molecule is O=C(O)COC(C(=O)[O-])C(C(=O)[O-])S(=O)(=O)O. The number of carboxylic acids is 3. The van der Waals surface area contributed by atoms with Crippen LogP contribution in [-0.4, -0.2) is 53.9 Å². The first-order valence-electron chi connectivity index (χ1n) is 3.78. The smallest absolute Gasteiger partial charge is 0.329 e. The van der Waals surface area contributed by atoms with Crippen LogP contribution in [0, 0.1) is 0 Å². The molecule has 2 atom stereocenters. The molecule has 0 rings (SSSR count). The van der Waals surface area contributed by atoms with Gasteiger partial charge in [-0.05, 0) is 0 Å². The quantitative estimate of drug-likeness (QED) is 0.426. The van der Waals surface area contributed by atoms with Gasteiger partial charge in [-0.25, -0.2) is 4.79 Å². The highest BCUT2D eigenvalue weighted by molar-refractivity contribution is 7.87. The number of aliphatic carboxylic acids is 3. The standard InChI is InChI=1S/C6H8O10S/c7-2(8)1-16-3(5(9)10)4(6(11)12)17(13,14)15/h3-4H,1H2,(H,7,8)(H,9,10)(H,11,12)(H,13,14,15)/p-2. The van der Waals surface area contributed by atoms with E-state index in [0.29, 0.717) is 0 Å². The maximum Gasteiger partial charge on any atom is 0.329 e. The summed E-state index contributed by atoms with van der Waals surface area (Å²) in [5, 5.41) is 26.0. The number of carbonyl (C=O) groups is 3. The molecule has 0 bridgehead atoms. The molecule has 0 radical (unpaired) electrons. The molecule has 0 aliphatic carbocycles. The molecule has 0 spiro atoms. The van der Waals surface area contributed by atoms with Crippen LogP contribution >= 0.6 is 0 Å². The van der Waals surface area contributed by atoms with Crippen molar-refractivity contribution in [1.29, 1.82) is 0 Å². The Hall–Kier alpha value is -1.72. The fourth-order valence-corrected chi connectivity index (χ4v) is 1.59. The first kappa shape index (κ1) is 15.3. The first-order chi connectivity index (χ1) is 7.57. The van der Waals surface area contributed by atoms with Crippen LogP contribution in [0.2, 0.25) is 0 Å². The van der Waals surface area contributed by atoms with E-state index in [0.717, 1.165) is 0 Å². The van der Waals surface area contributed by atoms with Gasteiger partial charge in [0.05, 0.1) is 11.9 Å². The fraction of sp³-hybridized carbons (Fsp3) is 0.500. The van der Waals surface area contributed by atoms with Gasteiger partial charge in [-0.15, -0.1) is 0 Å². The lowest BCUT2D eigenvalue weighted by Crippen LogP contribution is -2.56. The highest BCUT2D eigenvalue weighted by atomic mass is 32.2. The Balaban J connectivity index is 5.19. The number of rotatable bonds is 7. The van der Waals surface area contributed by atoms with Crippen molar-refractivity contribution in [2.24, 2.45) is 0 Å². The summed E-state index contributed by atoms with van der Waals surface area (Å²) in [5.41, 5.74) is 0. The summed E-state index contributed by atoms with van der Waals surface area (Å²) in [6.07, 6.45) is -2.70. The molecule has 11 heteroatoms. The number of hydrogen-bond acceptors (Lipinski definition) is 8. The highest BCUT2D eigenvalue weighted by Gasteiger charge is 2.36. The van der Waals surface area contributed by atoms with E-state index in [9.17, 15) is 33.0 Å². The van der Waals surface area contributed by atoms with E-state index in [1.54, 1.807) is 0 Å². The second kappa shape index (κ2) is 5.56. The average molecular weight is 270 g/mol. The molecule has 0 aliphatic heterocycles. The summed E-state index contributed by atoms with van der Waals surface area (Å²) < 4.78 is 33.6. The first-order valence-corrected chi connectivity index (χ1v) is 5.29. The van der Waals surface area contributed by atoms with E-state index < -0.39 is 46.0 Å². The lowest BCUT2D eigenvalue weighted by atomic mass is 10.2. The van der Waals surface area contributed by atoms with Crippen molar-refractivity contribution in [3.63, 3.8) is 0 Å². The van der Waals surface area contributed by atoms with Gasteiger partial charge in [0.2, 0.25) is 0 Å². The lowest BCUT2D eigenvalue weighted by Gasteiger charge is -2.25. The van der Waals surface area contributed by atoms with Gasteiger partial charge in [0.15, 0.2) is 5.25 Å². The van der Waals surface area contributed by atoms with Crippen molar-refractivity contribution in [3.05, 3.63) is 0 Å². The van der Waals surface area contributed by atoms with E-state index >= 15 is 0 Å². The minimum atomic E-state index is -5.36. The fourth-order valence-electron chi connectivity index (χ4n) is 0.841. The van der Waals surface area contributed by atoms with Crippen LogP contribution in [0.1, 0.15) is 0 Å². The van der Waals surface area contributed by atoms with Crippen LogP contribution in [0.25, 0.3) is 0 Å². The second-order valence-corrected chi connectivity index (χ2v) is 4.24. The summed E-state index contributed by atoms with van der Waals surface area (Å²) in [5.74, 6) is -6.46. The Morgan fingerprint density at radius 2 is 1.65 bits per heavy atom. The summed E-state index contributed by atoms with van der Waals surface area (Å²) in [6.45, 7) is -1.29. The molecule has 0 heterocycles. The summed E-state index contributed by atoms with van der Waals surface area (Å²) in [7, 11) is -5.36. The highest BCUT2D eigenvalue weighted by Crippen LogP contribution is 2.08. The van der Waals surface area contributed by atoms with Crippen LogP contribution < -0.4 is 10.2 Å². The van der Waals surface area contributed by atoms with Crippen LogP contribution in [0.15, 0.2) is 0 Å². The van der Waals surface area contributed by atoms with Crippen molar-refractivity contribution in [1.82, 2.24) is 0 Å². The third-order valence-electron chi connectivity index (χ3n) is 1.45. The Kier molecular flexibility index (Phi) is 5.00. The normalized spacial score (nSPS) is 14.9. The second-order valence-electron chi connectivity index (χ2n) is 2.70. The number of hydrogen-bond donors (Lipinski definition) is 2. The van der Waals surface area contributed by atoms with Crippen LogP contribution in [0.4, 0.5) is 0 Å². The van der Waals surface area contributed by atoms with Crippen LogP contribution in [-0.2, 0) is 29.2 Å². The largest absolute Gasteiger partial charge is 0.549 e. The monoisotopic (exact) mass is 270 g/mol. The summed E-state index contributed by atoms with van der Waals surface area (Å²) in [6, 6.07) is 0. The molecule has 0 fully saturated rings. The van der Waals surface area contributed by atoms with Gasteiger partial charge in [-0.3, -0.25) is 4.55 Å². The zero-order valence-electron chi connectivity index (χ0n) is 7.93. The van der Waals surface area contributed by atoms with Crippen molar-refractivity contribution >= 4 is 28.0 Å². The van der Waals surface area contributed by atoms with Crippen molar-refractivity contribution in [2.75, 3.05) is 6.61 Å². The Bertz CT molecular complexity index is 422. The molecule has 0 amide bonds. The van der Waals surface area contributed by atoms with Gasteiger partial charge in [0.25, 0.3) is 10.1 Å². The molecular weight excluding hydrogens is 264 g/mol. The summed E-state index contributed by atoms with van der Waals surface area (Å²) >= 11 is 0. The van der Waals surface area contributed by atoms with E-state index in [-0.39, 0.29) is 0 Å². The van der Waals surface area contributed by atoms with Gasteiger partial charge in [0, 0.05) is 0 Å². The molecule has 2 N–H and O–H groups in total. The number of carboxylic acid groups (broad SMARTS) is 3.